The Kier molecular flexibility index (Phi) is 4.28. The van der Waals surface area contributed by atoms with Gasteiger partial charge >= 0.3 is 12.1 Å². The average molecular weight is 271 g/mol. The van der Waals surface area contributed by atoms with Crippen molar-refractivity contribution in [3.05, 3.63) is 11.4 Å². The van der Waals surface area contributed by atoms with Gasteiger partial charge in [0.05, 0.1) is 5.69 Å². The highest BCUT2D eigenvalue weighted by atomic mass is 19.4. The summed E-state index contributed by atoms with van der Waals surface area (Å²) in [5.74, 6) is -4.96. The maximum atomic E-state index is 13.2. The van der Waals surface area contributed by atoms with E-state index in [4.69, 9.17) is 0 Å². The maximum Gasteiger partial charge on any atom is 0.459 e. The van der Waals surface area contributed by atoms with Gasteiger partial charge in [-0.15, -0.1) is 5.10 Å². The Morgan fingerprint density at radius 3 is 2.17 bits per heavy atom. The van der Waals surface area contributed by atoms with Crippen LogP contribution >= 0.6 is 0 Å². The summed E-state index contributed by atoms with van der Waals surface area (Å²) < 4.78 is 64.3. The minimum absolute atomic E-state index is 0.0255. The van der Waals surface area contributed by atoms with E-state index in [1.165, 1.54) is 6.92 Å². The summed E-state index contributed by atoms with van der Waals surface area (Å²) in [4.78, 5) is 0. The van der Waals surface area contributed by atoms with Gasteiger partial charge in [-0.2, -0.15) is 22.0 Å². The fraction of sp³-hybridized carbons (Fsp3) is 0.800. The number of hydrogen-bond acceptors (Lipinski definition) is 2. The van der Waals surface area contributed by atoms with Crippen LogP contribution in [0.3, 0.4) is 0 Å². The number of halogens is 5. The molecule has 0 amide bonds. The first-order valence-electron chi connectivity index (χ1n) is 5.63. The monoisotopic (exact) mass is 271 g/mol. The van der Waals surface area contributed by atoms with Crippen LogP contribution in [-0.2, 0) is 18.9 Å². The van der Waals surface area contributed by atoms with Crippen molar-refractivity contribution in [2.75, 3.05) is 0 Å². The van der Waals surface area contributed by atoms with E-state index in [2.05, 4.69) is 10.3 Å². The van der Waals surface area contributed by atoms with E-state index >= 15 is 0 Å². The van der Waals surface area contributed by atoms with Crippen molar-refractivity contribution in [3.63, 3.8) is 0 Å². The van der Waals surface area contributed by atoms with Gasteiger partial charge in [0, 0.05) is 6.54 Å². The molecule has 1 aromatic rings. The molecule has 0 aromatic carbocycles. The summed E-state index contributed by atoms with van der Waals surface area (Å²) in [5, 5.41) is 6.41. The summed E-state index contributed by atoms with van der Waals surface area (Å²) in [7, 11) is 0. The van der Waals surface area contributed by atoms with Crippen LogP contribution in [-0.4, -0.2) is 21.2 Å². The largest absolute Gasteiger partial charge is 0.459 e. The molecule has 1 heterocycles. The molecule has 0 spiro atoms. The molecule has 104 valence electrons. The molecule has 0 saturated heterocycles. The van der Waals surface area contributed by atoms with E-state index in [1.54, 1.807) is 0 Å². The Hall–Kier alpha value is -1.21. The quantitative estimate of drug-likeness (QED) is 0.769. The van der Waals surface area contributed by atoms with Gasteiger partial charge in [-0.25, -0.2) is 4.68 Å². The third-order valence-electron chi connectivity index (χ3n) is 2.55. The molecule has 0 bridgehead atoms. The number of rotatable bonds is 5. The van der Waals surface area contributed by atoms with Gasteiger partial charge in [0.1, 0.15) is 0 Å². The molecule has 0 atom stereocenters. The first-order chi connectivity index (χ1) is 8.25. The number of aromatic nitrogens is 3. The molecule has 18 heavy (non-hydrogen) atoms. The fourth-order valence-electron chi connectivity index (χ4n) is 1.55. The Labute approximate surface area is 101 Å². The molecular formula is C10H14F5N3. The van der Waals surface area contributed by atoms with Crippen LogP contribution < -0.4 is 0 Å². The number of alkyl halides is 5. The fourth-order valence-corrected chi connectivity index (χ4v) is 1.55. The SMILES string of the molecule is CCCCn1nnc(C(F)(F)C(F)(F)F)c1CC. The topological polar surface area (TPSA) is 30.7 Å². The Morgan fingerprint density at radius 2 is 1.72 bits per heavy atom. The average Bonchev–Trinajstić information content (AvgIpc) is 2.67. The smallest absolute Gasteiger partial charge is 0.249 e. The normalized spacial score (nSPS) is 13.1. The lowest BCUT2D eigenvalue weighted by molar-refractivity contribution is -0.291. The molecule has 0 N–H and O–H groups in total. The van der Waals surface area contributed by atoms with Gasteiger partial charge in [0.2, 0.25) is 0 Å². The molecular weight excluding hydrogens is 257 g/mol. The summed E-state index contributed by atoms with van der Waals surface area (Å²) in [6, 6.07) is 0. The lowest BCUT2D eigenvalue weighted by Crippen LogP contribution is -2.35. The minimum Gasteiger partial charge on any atom is -0.249 e. The van der Waals surface area contributed by atoms with E-state index in [0.717, 1.165) is 11.1 Å². The van der Waals surface area contributed by atoms with Crippen molar-refractivity contribution < 1.29 is 22.0 Å². The highest BCUT2D eigenvalue weighted by Crippen LogP contribution is 2.44. The van der Waals surface area contributed by atoms with Gasteiger partial charge in [0.15, 0.2) is 5.69 Å². The molecule has 3 nitrogen and oxygen atoms in total. The number of aryl methyl sites for hydroxylation is 1. The number of hydrogen-bond donors (Lipinski definition) is 0. The molecule has 0 aliphatic heterocycles. The highest BCUT2D eigenvalue weighted by molar-refractivity contribution is 5.18. The molecule has 1 rings (SSSR count). The molecule has 0 aliphatic carbocycles. The molecule has 0 aliphatic rings. The van der Waals surface area contributed by atoms with E-state index in [0.29, 0.717) is 13.0 Å². The zero-order valence-electron chi connectivity index (χ0n) is 10.1. The molecule has 8 heteroatoms. The van der Waals surface area contributed by atoms with E-state index in [-0.39, 0.29) is 12.1 Å². The zero-order valence-corrected chi connectivity index (χ0v) is 10.1. The molecule has 0 unspecified atom stereocenters. The number of unbranched alkanes of at least 4 members (excludes halogenated alkanes) is 1. The molecule has 1 aromatic heterocycles. The summed E-state index contributed by atoms with van der Waals surface area (Å²) in [5.41, 5.74) is -1.45. The van der Waals surface area contributed by atoms with Crippen molar-refractivity contribution in [2.45, 2.75) is 51.8 Å². The third-order valence-corrected chi connectivity index (χ3v) is 2.55. The van der Waals surface area contributed by atoms with Gasteiger partial charge in [-0.05, 0) is 12.8 Å². The van der Waals surface area contributed by atoms with Gasteiger partial charge in [-0.3, -0.25) is 0 Å². The van der Waals surface area contributed by atoms with E-state index in [1.807, 2.05) is 6.92 Å². The van der Waals surface area contributed by atoms with Crippen LogP contribution in [0.4, 0.5) is 22.0 Å². The summed E-state index contributed by atoms with van der Waals surface area (Å²) >= 11 is 0. The second kappa shape index (κ2) is 5.19. The second-order valence-corrected chi connectivity index (χ2v) is 3.89. The highest BCUT2D eigenvalue weighted by Gasteiger charge is 2.61. The maximum absolute atomic E-state index is 13.2. The van der Waals surface area contributed by atoms with Crippen molar-refractivity contribution in [1.29, 1.82) is 0 Å². The molecule has 0 fully saturated rings. The lowest BCUT2D eigenvalue weighted by atomic mass is 10.1. The van der Waals surface area contributed by atoms with Crippen LogP contribution in [0, 0.1) is 0 Å². The molecule has 0 radical (unpaired) electrons. The van der Waals surface area contributed by atoms with Crippen LogP contribution in [0.25, 0.3) is 0 Å². The first kappa shape index (κ1) is 14.8. The third kappa shape index (κ3) is 2.62. The van der Waals surface area contributed by atoms with Gasteiger partial charge in [-0.1, -0.05) is 25.5 Å². The van der Waals surface area contributed by atoms with Crippen LogP contribution in [0.2, 0.25) is 0 Å². The van der Waals surface area contributed by atoms with Crippen LogP contribution in [0.15, 0.2) is 0 Å². The Balaban J connectivity index is 3.14. The lowest BCUT2D eigenvalue weighted by Gasteiger charge is -2.18. The molecule has 0 saturated carbocycles. The first-order valence-corrected chi connectivity index (χ1v) is 5.63. The predicted molar refractivity (Wildman–Crippen MR) is 54.3 cm³/mol. The Bertz CT molecular complexity index is 397. The standard InChI is InChI=1S/C10H14F5N3/c1-3-5-6-18-7(4-2)8(16-17-18)9(11,12)10(13,14)15/h3-6H2,1-2H3. The van der Waals surface area contributed by atoms with Crippen LogP contribution in [0.5, 0.6) is 0 Å². The van der Waals surface area contributed by atoms with Gasteiger partial charge in [0.25, 0.3) is 0 Å². The van der Waals surface area contributed by atoms with Gasteiger partial charge < -0.3 is 0 Å². The van der Waals surface area contributed by atoms with Crippen molar-refractivity contribution >= 4 is 0 Å². The summed E-state index contributed by atoms with van der Waals surface area (Å²) in [6.07, 6.45) is -4.19. The minimum atomic E-state index is -5.65. The van der Waals surface area contributed by atoms with E-state index < -0.39 is 17.8 Å². The van der Waals surface area contributed by atoms with Crippen molar-refractivity contribution in [2.24, 2.45) is 0 Å². The zero-order chi connectivity index (χ0) is 14.0. The second-order valence-electron chi connectivity index (χ2n) is 3.89. The summed E-state index contributed by atoms with van der Waals surface area (Å²) in [6.45, 7) is 3.67. The predicted octanol–water partition coefficient (Wildman–Crippen LogP) is 3.29. The van der Waals surface area contributed by atoms with Crippen molar-refractivity contribution in [3.8, 4) is 0 Å². The van der Waals surface area contributed by atoms with Crippen LogP contribution in [0.1, 0.15) is 38.1 Å². The Morgan fingerprint density at radius 1 is 1.11 bits per heavy atom. The van der Waals surface area contributed by atoms with Crippen molar-refractivity contribution in [1.82, 2.24) is 15.0 Å². The number of nitrogens with zero attached hydrogens (tertiary/aromatic N) is 3. The van der Waals surface area contributed by atoms with E-state index in [9.17, 15) is 22.0 Å².